The van der Waals surface area contributed by atoms with Crippen molar-refractivity contribution >= 4 is 54.5 Å². The Morgan fingerprint density at radius 2 is 1.81 bits per heavy atom. The van der Waals surface area contributed by atoms with Gasteiger partial charge in [0.1, 0.15) is 5.75 Å². The second-order valence-corrected chi connectivity index (χ2v) is 5.02. The number of ether oxygens (including phenoxy) is 1. The molecule has 0 aromatic heterocycles. The third-order valence-electron chi connectivity index (χ3n) is 1.85. The lowest BCUT2D eigenvalue weighted by atomic mass is 10.1. The molecule has 0 saturated carbocycles. The number of rotatable bonds is 4. The van der Waals surface area contributed by atoms with Gasteiger partial charge in [0.05, 0.1) is 16.1 Å². The molecule has 0 amide bonds. The van der Waals surface area contributed by atoms with Gasteiger partial charge in [-0.2, -0.15) is 0 Å². The van der Waals surface area contributed by atoms with Crippen molar-refractivity contribution < 1.29 is 14.3 Å². The van der Waals surface area contributed by atoms with Gasteiger partial charge in [-0.05, 0) is 61.2 Å². The second kappa shape index (κ2) is 5.80. The molecule has 6 heteroatoms. The van der Waals surface area contributed by atoms with Crippen molar-refractivity contribution in [1.29, 1.82) is 0 Å². The summed E-state index contributed by atoms with van der Waals surface area (Å²) in [6, 6.07) is 3.42. The summed E-state index contributed by atoms with van der Waals surface area (Å²) in [4.78, 5) is 21.8. The molecule has 0 atom stereocenters. The number of carbonyl (C=O) groups excluding carboxylic acids is 2. The molecule has 1 aromatic rings. The largest absolute Gasteiger partial charge is 0.494 e. The van der Waals surface area contributed by atoms with Crippen LogP contribution < -0.4 is 4.74 Å². The van der Waals surface area contributed by atoms with E-state index in [0.29, 0.717) is 20.3 Å². The number of carbonyl (C=O) groups is 2. The highest BCUT2D eigenvalue weighted by molar-refractivity contribution is 9.11. The van der Waals surface area contributed by atoms with Gasteiger partial charge in [0.2, 0.25) is 5.78 Å². The average Bonchev–Trinajstić information content (AvgIpc) is 2.16. The lowest BCUT2D eigenvalue weighted by molar-refractivity contribution is -0.131. The first-order valence-corrected chi connectivity index (χ1v) is 6.16. The molecule has 0 aliphatic heterocycles. The van der Waals surface area contributed by atoms with Crippen molar-refractivity contribution in [2.75, 3.05) is 7.11 Å². The maximum atomic E-state index is 11.1. The summed E-state index contributed by atoms with van der Waals surface area (Å²) in [6.07, 6.45) is -0.0243. The number of methoxy groups -OCH3 is 1. The Morgan fingerprint density at radius 1 is 1.31 bits per heavy atom. The average molecular weight is 370 g/mol. The number of Topliss-reactive ketones (excluding diaryl/α,β-unsaturated/α-hetero) is 1. The molecular formula is C10H7Br2ClO3. The Labute approximate surface area is 114 Å². The normalized spacial score (nSPS) is 10.0. The van der Waals surface area contributed by atoms with Gasteiger partial charge in [-0.25, -0.2) is 0 Å². The van der Waals surface area contributed by atoms with Crippen LogP contribution in [-0.2, 0) is 16.0 Å². The molecule has 0 fully saturated rings. The fourth-order valence-electron chi connectivity index (χ4n) is 1.16. The Kier molecular flexibility index (Phi) is 4.95. The zero-order valence-corrected chi connectivity index (χ0v) is 12.1. The van der Waals surface area contributed by atoms with Crippen LogP contribution in [0.3, 0.4) is 0 Å². The van der Waals surface area contributed by atoms with Crippen molar-refractivity contribution in [3.8, 4) is 5.75 Å². The van der Waals surface area contributed by atoms with Crippen LogP contribution in [-0.4, -0.2) is 18.1 Å². The molecule has 1 rings (SSSR count). The molecule has 3 nitrogen and oxygen atoms in total. The predicted octanol–water partition coefficient (Wildman–Crippen LogP) is 3.10. The molecule has 86 valence electrons. The van der Waals surface area contributed by atoms with Crippen molar-refractivity contribution in [2.45, 2.75) is 6.42 Å². The number of hydrogen-bond acceptors (Lipinski definition) is 3. The van der Waals surface area contributed by atoms with Gasteiger partial charge in [-0.1, -0.05) is 0 Å². The minimum atomic E-state index is -0.955. The van der Waals surface area contributed by atoms with Gasteiger partial charge < -0.3 is 4.74 Å². The van der Waals surface area contributed by atoms with E-state index >= 15 is 0 Å². The van der Waals surface area contributed by atoms with Crippen molar-refractivity contribution in [3.63, 3.8) is 0 Å². The monoisotopic (exact) mass is 368 g/mol. The molecule has 0 heterocycles. The molecule has 0 aliphatic carbocycles. The highest BCUT2D eigenvalue weighted by Crippen LogP contribution is 2.34. The van der Waals surface area contributed by atoms with Crippen LogP contribution in [0.5, 0.6) is 5.75 Å². The van der Waals surface area contributed by atoms with E-state index in [-0.39, 0.29) is 6.42 Å². The van der Waals surface area contributed by atoms with Crippen LogP contribution in [0.2, 0.25) is 0 Å². The van der Waals surface area contributed by atoms with Crippen molar-refractivity contribution in [3.05, 3.63) is 26.6 Å². The van der Waals surface area contributed by atoms with Crippen molar-refractivity contribution in [2.24, 2.45) is 0 Å². The fraction of sp³-hybridized carbons (Fsp3) is 0.200. The van der Waals surface area contributed by atoms with E-state index in [4.69, 9.17) is 16.3 Å². The van der Waals surface area contributed by atoms with Gasteiger partial charge in [-0.3, -0.25) is 9.59 Å². The lowest BCUT2D eigenvalue weighted by Crippen LogP contribution is -2.10. The minimum Gasteiger partial charge on any atom is -0.494 e. The Hall–Kier alpha value is -0.390. The van der Waals surface area contributed by atoms with Crippen LogP contribution in [0.25, 0.3) is 0 Å². The molecule has 0 N–H and O–H groups in total. The van der Waals surface area contributed by atoms with E-state index in [1.807, 2.05) is 0 Å². The van der Waals surface area contributed by atoms with Crippen LogP contribution in [0.1, 0.15) is 5.56 Å². The van der Waals surface area contributed by atoms with Gasteiger partial charge in [0.25, 0.3) is 5.24 Å². The molecule has 0 radical (unpaired) electrons. The summed E-state index contributed by atoms with van der Waals surface area (Å²) in [5, 5.41) is -0.955. The highest BCUT2D eigenvalue weighted by Gasteiger charge is 2.14. The molecular weight excluding hydrogens is 363 g/mol. The SMILES string of the molecule is COc1c(Br)cc(CC(=O)C(=O)Cl)cc1Br. The maximum absolute atomic E-state index is 11.1. The molecule has 0 aliphatic rings. The lowest BCUT2D eigenvalue weighted by Gasteiger charge is -2.08. The second-order valence-electron chi connectivity index (χ2n) is 2.97. The van der Waals surface area contributed by atoms with Crippen LogP contribution >= 0.6 is 43.5 Å². The Bertz CT molecular complexity index is 423. The first kappa shape index (κ1) is 13.7. The van der Waals surface area contributed by atoms with Crippen LogP contribution in [0, 0.1) is 0 Å². The first-order valence-electron chi connectivity index (χ1n) is 4.20. The standard InChI is InChI=1S/C10H7Br2ClO3/c1-16-9-6(11)2-5(3-7(9)12)4-8(14)10(13)15/h2-3H,4H2,1H3. The van der Waals surface area contributed by atoms with Crippen LogP contribution in [0.15, 0.2) is 21.1 Å². The van der Waals surface area contributed by atoms with Crippen molar-refractivity contribution in [1.82, 2.24) is 0 Å². The topological polar surface area (TPSA) is 43.4 Å². The number of halogens is 3. The molecule has 0 spiro atoms. The molecule has 0 bridgehead atoms. The molecule has 0 saturated heterocycles. The molecule has 1 aromatic carbocycles. The summed E-state index contributed by atoms with van der Waals surface area (Å²) < 4.78 is 6.52. The third-order valence-corrected chi connectivity index (χ3v) is 3.23. The van der Waals surface area contributed by atoms with Gasteiger partial charge in [-0.15, -0.1) is 0 Å². The zero-order chi connectivity index (χ0) is 12.3. The molecule has 16 heavy (non-hydrogen) atoms. The minimum absolute atomic E-state index is 0.0243. The van der Waals surface area contributed by atoms with E-state index < -0.39 is 11.0 Å². The maximum Gasteiger partial charge on any atom is 0.288 e. The summed E-state index contributed by atoms with van der Waals surface area (Å²) in [5.41, 5.74) is 0.679. The van der Waals surface area contributed by atoms with Gasteiger partial charge in [0.15, 0.2) is 0 Å². The number of ketones is 1. The summed E-state index contributed by atoms with van der Waals surface area (Å²) in [7, 11) is 1.54. The first-order chi connectivity index (χ1) is 7.45. The van der Waals surface area contributed by atoms with Crippen LogP contribution in [0.4, 0.5) is 0 Å². The Morgan fingerprint density at radius 3 is 2.19 bits per heavy atom. The smallest absolute Gasteiger partial charge is 0.288 e. The fourth-order valence-corrected chi connectivity index (χ4v) is 2.84. The zero-order valence-electron chi connectivity index (χ0n) is 8.22. The number of benzene rings is 1. The Balaban J connectivity index is 3.00. The van der Waals surface area contributed by atoms with Gasteiger partial charge in [0, 0.05) is 6.42 Å². The van der Waals surface area contributed by atoms with E-state index in [9.17, 15) is 9.59 Å². The number of hydrogen-bond donors (Lipinski definition) is 0. The summed E-state index contributed by atoms with van der Waals surface area (Å²) in [6.45, 7) is 0. The summed E-state index contributed by atoms with van der Waals surface area (Å²) >= 11 is 11.7. The van der Waals surface area contributed by atoms with E-state index in [1.165, 1.54) is 7.11 Å². The predicted molar refractivity (Wildman–Crippen MR) is 68.0 cm³/mol. The highest BCUT2D eigenvalue weighted by atomic mass is 79.9. The van der Waals surface area contributed by atoms with E-state index in [2.05, 4.69) is 31.9 Å². The van der Waals surface area contributed by atoms with E-state index in [0.717, 1.165) is 0 Å². The van der Waals surface area contributed by atoms with Gasteiger partial charge >= 0.3 is 0 Å². The van der Waals surface area contributed by atoms with E-state index in [1.54, 1.807) is 12.1 Å². The third kappa shape index (κ3) is 3.30. The summed E-state index contributed by atoms with van der Waals surface area (Å²) in [5.74, 6) is -0.000896. The molecule has 0 unspecified atom stereocenters. The quantitative estimate of drug-likeness (QED) is 0.604.